The lowest BCUT2D eigenvalue weighted by atomic mass is 10.2. The first-order chi connectivity index (χ1) is 11.1. The van der Waals surface area contributed by atoms with Crippen molar-refractivity contribution in [1.82, 2.24) is 19.9 Å². The van der Waals surface area contributed by atoms with Gasteiger partial charge in [0.1, 0.15) is 0 Å². The molecular formula is C16H22N4O2S. The number of rotatable bonds is 5. The SMILES string of the molecule is Cc1nc(C2CCCN2CC(=O)N(C)C(C)c2cccs2)no1. The molecule has 1 fully saturated rings. The van der Waals surface area contributed by atoms with Crippen LogP contribution in [0.5, 0.6) is 0 Å². The maximum absolute atomic E-state index is 12.6. The first-order valence-electron chi connectivity index (χ1n) is 7.89. The number of nitrogens with zero attached hydrogens (tertiary/aromatic N) is 4. The third-order valence-corrected chi connectivity index (χ3v) is 5.52. The van der Waals surface area contributed by atoms with Gasteiger partial charge in [-0.05, 0) is 37.8 Å². The van der Waals surface area contributed by atoms with E-state index in [1.807, 2.05) is 23.4 Å². The molecule has 0 aliphatic carbocycles. The number of likely N-dealkylation sites (tertiary alicyclic amines) is 1. The molecule has 6 nitrogen and oxygen atoms in total. The normalized spacial score (nSPS) is 19.9. The highest BCUT2D eigenvalue weighted by atomic mass is 32.1. The Bertz CT molecular complexity index is 655. The number of aromatic nitrogens is 2. The summed E-state index contributed by atoms with van der Waals surface area (Å²) in [6.45, 7) is 5.14. The first kappa shape index (κ1) is 16.1. The van der Waals surface area contributed by atoms with Crippen molar-refractivity contribution in [2.45, 2.75) is 38.8 Å². The van der Waals surface area contributed by atoms with Crippen LogP contribution in [0.3, 0.4) is 0 Å². The van der Waals surface area contributed by atoms with Crippen LogP contribution in [0.25, 0.3) is 0 Å². The van der Waals surface area contributed by atoms with E-state index in [0.29, 0.717) is 18.3 Å². The van der Waals surface area contributed by atoms with Crippen LogP contribution in [0, 0.1) is 6.92 Å². The van der Waals surface area contributed by atoms with Crippen LogP contribution >= 0.6 is 11.3 Å². The van der Waals surface area contributed by atoms with Crippen molar-refractivity contribution in [2.75, 3.05) is 20.1 Å². The van der Waals surface area contributed by atoms with Crippen molar-refractivity contribution in [1.29, 1.82) is 0 Å². The lowest BCUT2D eigenvalue weighted by Gasteiger charge is -2.28. The van der Waals surface area contributed by atoms with Crippen molar-refractivity contribution in [2.24, 2.45) is 0 Å². The van der Waals surface area contributed by atoms with Gasteiger partial charge in [-0.25, -0.2) is 0 Å². The van der Waals surface area contributed by atoms with Crippen molar-refractivity contribution in [3.63, 3.8) is 0 Å². The molecular weight excluding hydrogens is 312 g/mol. The van der Waals surface area contributed by atoms with E-state index >= 15 is 0 Å². The highest BCUT2D eigenvalue weighted by Gasteiger charge is 2.32. The fourth-order valence-electron chi connectivity index (χ4n) is 2.98. The van der Waals surface area contributed by atoms with Gasteiger partial charge in [-0.1, -0.05) is 11.2 Å². The molecule has 1 saturated heterocycles. The Hall–Kier alpha value is -1.73. The molecule has 0 bridgehead atoms. The lowest BCUT2D eigenvalue weighted by Crippen LogP contribution is -2.39. The molecule has 2 unspecified atom stereocenters. The van der Waals surface area contributed by atoms with Crippen molar-refractivity contribution in [3.05, 3.63) is 34.1 Å². The molecule has 2 aromatic heterocycles. The van der Waals surface area contributed by atoms with Crippen LogP contribution in [-0.4, -0.2) is 46.0 Å². The Balaban J connectivity index is 1.64. The summed E-state index contributed by atoms with van der Waals surface area (Å²) in [5, 5.41) is 6.07. The number of likely N-dealkylation sites (N-methyl/N-ethyl adjacent to an activating group) is 1. The van der Waals surface area contributed by atoms with Gasteiger partial charge in [-0.15, -0.1) is 11.3 Å². The van der Waals surface area contributed by atoms with Gasteiger partial charge in [0.25, 0.3) is 0 Å². The summed E-state index contributed by atoms with van der Waals surface area (Å²) in [5.74, 6) is 1.39. The molecule has 124 valence electrons. The Morgan fingerprint density at radius 3 is 3.09 bits per heavy atom. The van der Waals surface area contributed by atoms with E-state index in [-0.39, 0.29) is 18.0 Å². The number of hydrogen-bond donors (Lipinski definition) is 0. The van der Waals surface area contributed by atoms with Crippen LogP contribution < -0.4 is 0 Å². The fraction of sp³-hybridized carbons (Fsp3) is 0.562. The van der Waals surface area contributed by atoms with E-state index in [1.54, 1.807) is 18.3 Å². The molecule has 23 heavy (non-hydrogen) atoms. The van der Waals surface area contributed by atoms with E-state index in [2.05, 4.69) is 28.0 Å². The topological polar surface area (TPSA) is 62.5 Å². The van der Waals surface area contributed by atoms with Crippen molar-refractivity contribution in [3.8, 4) is 0 Å². The quantitative estimate of drug-likeness (QED) is 0.841. The van der Waals surface area contributed by atoms with Crippen LogP contribution in [0.15, 0.2) is 22.0 Å². The number of thiophene rings is 1. The van der Waals surface area contributed by atoms with E-state index in [4.69, 9.17) is 4.52 Å². The number of amides is 1. The van der Waals surface area contributed by atoms with Gasteiger partial charge in [0.05, 0.1) is 18.6 Å². The summed E-state index contributed by atoms with van der Waals surface area (Å²) >= 11 is 1.68. The Morgan fingerprint density at radius 2 is 2.43 bits per heavy atom. The molecule has 1 amide bonds. The molecule has 0 spiro atoms. The summed E-state index contributed by atoms with van der Waals surface area (Å²) < 4.78 is 5.08. The summed E-state index contributed by atoms with van der Waals surface area (Å²) in [4.78, 5) is 22.2. The Labute approximate surface area is 140 Å². The molecule has 2 atom stereocenters. The molecule has 1 aliphatic rings. The van der Waals surface area contributed by atoms with Gasteiger partial charge in [-0.3, -0.25) is 9.69 Å². The Morgan fingerprint density at radius 1 is 1.61 bits per heavy atom. The summed E-state index contributed by atoms with van der Waals surface area (Å²) in [6.07, 6.45) is 2.02. The first-order valence-corrected chi connectivity index (χ1v) is 8.77. The third kappa shape index (κ3) is 3.45. The predicted molar refractivity (Wildman–Crippen MR) is 88.1 cm³/mol. The van der Waals surface area contributed by atoms with E-state index in [1.165, 1.54) is 4.88 Å². The molecule has 2 aromatic rings. The number of hydrogen-bond acceptors (Lipinski definition) is 6. The van der Waals surface area contributed by atoms with E-state index < -0.39 is 0 Å². The van der Waals surface area contributed by atoms with E-state index in [9.17, 15) is 4.79 Å². The summed E-state index contributed by atoms with van der Waals surface area (Å²) in [7, 11) is 1.87. The highest BCUT2D eigenvalue weighted by Crippen LogP contribution is 2.30. The highest BCUT2D eigenvalue weighted by molar-refractivity contribution is 7.10. The average molecular weight is 334 g/mol. The zero-order valence-electron chi connectivity index (χ0n) is 13.7. The zero-order chi connectivity index (χ0) is 16.4. The zero-order valence-corrected chi connectivity index (χ0v) is 14.5. The van der Waals surface area contributed by atoms with Crippen LogP contribution in [0.4, 0.5) is 0 Å². The second-order valence-corrected chi connectivity index (χ2v) is 6.98. The monoisotopic (exact) mass is 334 g/mol. The van der Waals surface area contributed by atoms with Crippen molar-refractivity contribution < 1.29 is 9.32 Å². The minimum absolute atomic E-state index is 0.0850. The van der Waals surface area contributed by atoms with Gasteiger partial charge in [0.2, 0.25) is 11.8 Å². The standard InChI is InChI=1S/C16H22N4O2S/c1-11(14-7-5-9-23-14)19(3)15(21)10-20-8-4-6-13(20)16-17-12(2)22-18-16/h5,7,9,11,13H,4,6,8,10H2,1-3H3. The van der Waals surface area contributed by atoms with Crippen LogP contribution in [0.2, 0.25) is 0 Å². The minimum Gasteiger partial charge on any atom is -0.340 e. The van der Waals surface area contributed by atoms with Crippen LogP contribution in [-0.2, 0) is 4.79 Å². The summed E-state index contributed by atoms with van der Waals surface area (Å²) in [6, 6.07) is 4.27. The molecule has 0 radical (unpaired) electrons. The number of carbonyl (C=O) groups is 1. The van der Waals surface area contributed by atoms with Gasteiger partial charge in [0.15, 0.2) is 5.82 Å². The average Bonchev–Trinajstić information content (AvgIpc) is 3.26. The minimum atomic E-state index is 0.0850. The largest absolute Gasteiger partial charge is 0.340 e. The second kappa shape index (κ2) is 6.80. The van der Waals surface area contributed by atoms with Gasteiger partial charge >= 0.3 is 0 Å². The van der Waals surface area contributed by atoms with Gasteiger partial charge < -0.3 is 9.42 Å². The van der Waals surface area contributed by atoms with Crippen LogP contribution in [0.1, 0.15) is 48.4 Å². The molecule has 0 saturated carbocycles. The molecule has 3 rings (SSSR count). The number of aryl methyl sites for hydroxylation is 1. The van der Waals surface area contributed by atoms with Gasteiger partial charge in [0, 0.05) is 18.8 Å². The van der Waals surface area contributed by atoms with Crippen molar-refractivity contribution >= 4 is 17.2 Å². The lowest BCUT2D eigenvalue weighted by molar-refractivity contribution is -0.133. The molecule has 1 aliphatic heterocycles. The summed E-state index contributed by atoms with van der Waals surface area (Å²) in [5.41, 5.74) is 0. The second-order valence-electron chi connectivity index (χ2n) is 6.00. The number of carbonyl (C=O) groups excluding carboxylic acids is 1. The van der Waals surface area contributed by atoms with Gasteiger partial charge in [-0.2, -0.15) is 4.98 Å². The smallest absolute Gasteiger partial charge is 0.237 e. The predicted octanol–water partition coefficient (Wildman–Crippen LogP) is 2.80. The van der Waals surface area contributed by atoms with E-state index in [0.717, 1.165) is 19.4 Å². The third-order valence-electron chi connectivity index (χ3n) is 4.47. The maximum atomic E-state index is 12.6. The fourth-order valence-corrected chi connectivity index (χ4v) is 3.81. The molecule has 3 heterocycles. The Kier molecular flexibility index (Phi) is 4.77. The molecule has 7 heteroatoms. The molecule has 0 aromatic carbocycles. The molecule has 0 N–H and O–H groups in total. The maximum Gasteiger partial charge on any atom is 0.237 e.